The van der Waals surface area contributed by atoms with E-state index in [9.17, 15) is 8.78 Å². The smallest absolute Gasteiger partial charge is 0.159 e. The molecule has 1 aromatic carbocycles. The summed E-state index contributed by atoms with van der Waals surface area (Å²) in [6.07, 6.45) is 7.52. The Morgan fingerprint density at radius 2 is 1.94 bits per heavy atom. The summed E-state index contributed by atoms with van der Waals surface area (Å²) in [7, 11) is 4.11. The first-order chi connectivity index (χ1) is 15.0. The summed E-state index contributed by atoms with van der Waals surface area (Å²) in [5, 5.41) is 3.55. The summed E-state index contributed by atoms with van der Waals surface area (Å²) < 4.78 is 29.4. The van der Waals surface area contributed by atoms with Crippen LogP contribution >= 0.6 is 0 Å². The van der Waals surface area contributed by atoms with Gasteiger partial charge in [-0.25, -0.2) is 13.8 Å². The number of hydrogen-bond acceptors (Lipinski definition) is 4. The maximum Gasteiger partial charge on any atom is 0.159 e. The van der Waals surface area contributed by atoms with Crippen LogP contribution in [0.15, 0.2) is 36.2 Å². The van der Waals surface area contributed by atoms with Crippen molar-refractivity contribution in [2.24, 2.45) is 0 Å². The molecule has 31 heavy (non-hydrogen) atoms. The number of nitrogens with one attached hydrogen (secondary N) is 1. The average Bonchev–Trinajstić information content (AvgIpc) is 3.41. The lowest BCUT2D eigenvalue weighted by Gasteiger charge is -2.36. The van der Waals surface area contributed by atoms with Crippen LogP contribution < -0.4 is 5.32 Å². The van der Waals surface area contributed by atoms with Crippen molar-refractivity contribution in [3.8, 4) is 11.3 Å². The highest BCUT2D eigenvalue weighted by molar-refractivity contribution is 5.58. The summed E-state index contributed by atoms with van der Waals surface area (Å²) in [4.78, 5) is 9.59. The van der Waals surface area contributed by atoms with Crippen LogP contribution in [0, 0.1) is 11.6 Å². The SMILES string of the molecule is CCC1NCC=C1N1CCC(c2nc(-c3ccc(F)c(F)c3)cn2CCN(C)C)CC1. The molecule has 1 N–H and O–H groups in total. The number of halogens is 2. The molecule has 1 aromatic heterocycles. The van der Waals surface area contributed by atoms with Gasteiger partial charge in [0, 0.05) is 62.1 Å². The molecule has 4 rings (SSSR count). The Bertz CT molecular complexity index is 928. The van der Waals surface area contributed by atoms with E-state index in [0.29, 0.717) is 23.2 Å². The molecule has 1 atom stereocenters. The number of nitrogens with zero attached hydrogens (tertiary/aromatic N) is 4. The third kappa shape index (κ3) is 4.83. The van der Waals surface area contributed by atoms with Gasteiger partial charge in [0.05, 0.1) is 5.69 Å². The highest BCUT2D eigenvalue weighted by atomic mass is 19.2. The molecule has 1 fully saturated rings. The molecule has 0 amide bonds. The molecule has 0 bridgehead atoms. The van der Waals surface area contributed by atoms with Gasteiger partial charge in [-0.2, -0.15) is 0 Å². The van der Waals surface area contributed by atoms with Crippen LogP contribution in [0.25, 0.3) is 11.3 Å². The zero-order valence-electron chi connectivity index (χ0n) is 18.7. The molecular formula is C24H33F2N5. The molecule has 3 heterocycles. The van der Waals surface area contributed by atoms with Crippen LogP contribution in [0.4, 0.5) is 8.78 Å². The quantitative estimate of drug-likeness (QED) is 0.726. The number of piperidine rings is 1. The van der Waals surface area contributed by atoms with Crippen LogP contribution in [0.5, 0.6) is 0 Å². The molecule has 0 radical (unpaired) electrons. The summed E-state index contributed by atoms with van der Waals surface area (Å²) in [6, 6.07) is 4.49. The van der Waals surface area contributed by atoms with E-state index in [2.05, 4.69) is 46.8 Å². The predicted molar refractivity (Wildman–Crippen MR) is 120 cm³/mol. The van der Waals surface area contributed by atoms with Gasteiger partial charge in [-0.15, -0.1) is 0 Å². The van der Waals surface area contributed by atoms with Crippen molar-refractivity contribution in [3.63, 3.8) is 0 Å². The van der Waals surface area contributed by atoms with Crippen LogP contribution in [0.2, 0.25) is 0 Å². The third-order valence-corrected chi connectivity index (χ3v) is 6.48. The van der Waals surface area contributed by atoms with Gasteiger partial charge in [-0.1, -0.05) is 6.92 Å². The fourth-order valence-corrected chi connectivity index (χ4v) is 4.69. The normalized spacial score (nSPS) is 20.0. The largest absolute Gasteiger partial charge is 0.374 e. The summed E-state index contributed by atoms with van der Waals surface area (Å²) in [5.74, 6) is -0.233. The molecule has 0 spiro atoms. The number of rotatable bonds is 7. The topological polar surface area (TPSA) is 36.3 Å². The van der Waals surface area contributed by atoms with E-state index in [-0.39, 0.29) is 0 Å². The Morgan fingerprint density at radius 3 is 2.61 bits per heavy atom. The molecule has 2 aliphatic heterocycles. The number of benzene rings is 1. The van der Waals surface area contributed by atoms with Crippen molar-refractivity contribution in [2.45, 2.75) is 44.7 Å². The van der Waals surface area contributed by atoms with Gasteiger partial charge in [0.15, 0.2) is 11.6 Å². The van der Waals surface area contributed by atoms with Crippen LogP contribution in [0.1, 0.15) is 37.9 Å². The second-order valence-electron chi connectivity index (χ2n) is 8.87. The summed E-state index contributed by atoms with van der Waals surface area (Å²) in [6.45, 7) is 6.96. The van der Waals surface area contributed by atoms with E-state index < -0.39 is 11.6 Å². The fourth-order valence-electron chi connectivity index (χ4n) is 4.69. The third-order valence-electron chi connectivity index (χ3n) is 6.48. The Balaban J connectivity index is 1.54. The first kappa shape index (κ1) is 22.0. The number of hydrogen-bond donors (Lipinski definition) is 1. The molecule has 0 aliphatic carbocycles. The minimum Gasteiger partial charge on any atom is -0.374 e. The van der Waals surface area contributed by atoms with Crippen LogP contribution in [0.3, 0.4) is 0 Å². The van der Waals surface area contributed by atoms with Gasteiger partial charge >= 0.3 is 0 Å². The lowest BCUT2D eigenvalue weighted by atomic mass is 9.94. The minimum absolute atomic E-state index is 0.368. The summed E-state index contributed by atoms with van der Waals surface area (Å²) >= 11 is 0. The molecule has 2 aromatic rings. The maximum absolute atomic E-state index is 13.8. The highest BCUT2D eigenvalue weighted by Gasteiger charge is 2.29. The Kier molecular flexibility index (Phi) is 6.72. The van der Waals surface area contributed by atoms with Crippen molar-refractivity contribution < 1.29 is 8.78 Å². The van der Waals surface area contributed by atoms with Gasteiger partial charge < -0.3 is 19.7 Å². The first-order valence-corrected chi connectivity index (χ1v) is 11.3. The lowest BCUT2D eigenvalue weighted by molar-refractivity contribution is 0.241. The lowest BCUT2D eigenvalue weighted by Crippen LogP contribution is -2.38. The first-order valence-electron chi connectivity index (χ1n) is 11.3. The van der Waals surface area contributed by atoms with Gasteiger partial charge in [-0.05, 0) is 57.6 Å². The van der Waals surface area contributed by atoms with Gasteiger partial charge in [0.2, 0.25) is 0 Å². The van der Waals surface area contributed by atoms with E-state index in [1.165, 1.54) is 17.8 Å². The maximum atomic E-state index is 13.8. The molecule has 168 valence electrons. The standard InChI is InChI=1S/C24H33F2N5/c1-4-21-23(7-10-27-21)30-11-8-17(9-12-30)24-28-22(16-31(24)14-13-29(2)3)18-5-6-19(25)20(26)15-18/h5-7,15-17,21,27H,4,8-14H2,1-3H3. The van der Waals surface area contributed by atoms with Gasteiger partial charge in [-0.3, -0.25) is 0 Å². The molecule has 1 unspecified atom stereocenters. The minimum atomic E-state index is -0.834. The van der Waals surface area contributed by atoms with Crippen molar-refractivity contribution in [1.29, 1.82) is 0 Å². The number of aromatic nitrogens is 2. The monoisotopic (exact) mass is 429 g/mol. The zero-order chi connectivity index (χ0) is 22.0. The van der Waals surface area contributed by atoms with E-state index in [1.54, 1.807) is 6.07 Å². The predicted octanol–water partition coefficient (Wildman–Crippen LogP) is 3.84. The average molecular weight is 430 g/mol. The number of likely N-dealkylation sites (N-methyl/N-ethyl adjacent to an activating group) is 1. The van der Waals surface area contributed by atoms with Crippen molar-refractivity contribution >= 4 is 0 Å². The van der Waals surface area contributed by atoms with E-state index >= 15 is 0 Å². The van der Waals surface area contributed by atoms with Crippen LogP contribution in [-0.2, 0) is 6.54 Å². The molecule has 1 saturated heterocycles. The number of imidazole rings is 1. The Hall–Kier alpha value is -2.25. The van der Waals surface area contributed by atoms with E-state index in [0.717, 1.165) is 57.8 Å². The van der Waals surface area contributed by atoms with Crippen LogP contribution in [-0.4, -0.2) is 65.7 Å². The molecule has 5 nitrogen and oxygen atoms in total. The van der Waals surface area contributed by atoms with Crippen molar-refractivity contribution in [1.82, 2.24) is 24.7 Å². The van der Waals surface area contributed by atoms with Crippen molar-refractivity contribution in [2.75, 3.05) is 40.3 Å². The Labute approximate surface area is 183 Å². The zero-order valence-corrected chi connectivity index (χ0v) is 18.7. The van der Waals surface area contributed by atoms with Gasteiger partial charge in [0.1, 0.15) is 5.82 Å². The second kappa shape index (κ2) is 9.49. The van der Waals surface area contributed by atoms with Gasteiger partial charge in [0.25, 0.3) is 0 Å². The summed E-state index contributed by atoms with van der Waals surface area (Å²) in [5.41, 5.74) is 2.78. The van der Waals surface area contributed by atoms with E-state index in [1.807, 2.05) is 6.20 Å². The highest BCUT2D eigenvalue weighted by Crippen LogP contribution is 2.32. The van der Waals surface area contributed by atoms with E-state index in [4.69, 9.17) is 4.98 Å². The molecular weight excluding hydrogens is 396 g/mol. The molecule has 7 heteroatoms. The Morgan fingerprint density at radius 1 is 1.16 bits per heavy atom. The van der Waals surface area contributed by atoms with Crippen molar-refractivity contribution in [3.05, 3.63) is 53.6 Å². The molecule has 2 aliphatic rings. The second-order valence-corrected chi connectivity index (χ2v) is 8.87. The fraction of sp³-hybridized carbons (Fsp3) is 0.542. The number of likely N-dealkylation sites (tertiary alicyclic amines) is 1. The molecule has 0 saturated carbocycles.